The van der Waals surface area contributed by atoms with E-state index in [2.05, 4.69) is 42.2 Å². The molecule has 4 rings (SSSR count). The van der Waals surface area contributed by atoms with Gasteiger partial charge >= 0.3 is 12.1 Å². The highest BCUT2D eigenvalue weighted by Crippen LogP contribution is 2.31. The molecule has 0 radical (unpaired) electrons. The molecule has 1 aliphatic rings. The van der Waals surface area contributed by atoms with Crippen LogP contribution in [0.5, 0.6) is 0 Å². The highest BCUT2D eigenvalue weighted by molar-refractivity contribution is 7.09. The Bertz CT molecular complexity index is 2940. The number of likely N-dealkylation sites (tertiary alicyclic amines) is 1. The number of thiazole rings is 1. The van der Waals surface area contributed by atoms with E-state index >= 15 is 0 Å². The number of nitrogens with one attached hydrogen (secondary N) is 7. The first-order valence-electron chi connectivity index (χ1n) is 33.1. The zero-order chi connectivity index (χ0) is 70.6. The number of likely N-dealkylation sites (N-methyl/N-ethyl adjacent to an activating group) is 2. The van der Waals surface area contributed by atoms with Crippen LogP contribution in [0.15, 0.2) is 66.2 Å². The standard InChI is InChI=1S/C68H107N13O13S/c1-15-43(8)58(53(92-13)38-54(83)81-35-22-27-52(81)59(93-14)44(9)60(84)76-51(65-71-34-36-95-65)37-46-23-17-16-18-24-46)79(11)66(89)56(41(4)5)78-64(88)57(42(6)7)80(12)68(91)94-39-47-28-30-48(31-29-47)74-61(85)50(26-21-33-72-67(70)90)75-63(87)55(40(2)3)77-62(86)49(73-45(10)82)25-19-20-32-69/h16-18,23-24,28-31,34,36,40-44,49-53,55-59H,15,19-22,25-27,32-33,35,37-39,69H2,1-14H3,(H,73,82)(H,74,85)(H,75,87)(H,76,84)(H,77,86)(H,78,88)(H3,70,72,90)/t43-,44+,49-,50-,51-,52-,53+,55?,56-,57-,58-,59+/m0/s1. The summed E-state index contributed by atoms with van der Waals surface area (Å²) in [5, 5.41) is 22.2. The van der Waals surface area contributed by atoms with Crippen LogP contribution < -0.4 is 48.7 Å². The van der Waals surface area contributed by atoms with Crippen LogP contribution in [0.4, 0.5) is 15.3 Å². The molecule has 3 aromatic rings. The number of ether oxygens (including phenoxy) is 3. The van der Waals surface area contributed by atoms with Crippen molar-refractivity contribution >= 4 is 76.4 Å². The summed E-state index contributed by atoms with van der Waals surface area (Å²) in [6, 6.07) is 8.83. The number of unbranched alkanes of at least 4 members (excludes halogenated alkanes) is 1. The van der Waals surface area contributed by atoms with E-state index in [1.165, 1.54) is 37.3 Å². The molecule has 1 aromatic heterocycles. The lowest BCUT2D eigenvalue weighted by Gasteiger charge is -2.41. The Kier molecular flexibility index (Phi) is 33.5. The fraction of sp³-hybridized carbons (Fsp3) is 0.632. The molecule has 95 heavy (non-hydrogen) atoms. The molecule has 528 valence electrons. The summed E-state index contributed by atoms with van der Waals surface area (Å²) in [5.41, 5.74) is 12.8. The van der Waals surface area contributed by atoms with Gasteiger partial charge in [0.05, 0.1) is 42.7 Å². The minimum atomic E-state index is -1.14. The van der Waals surface area contributed by atoms with Gasteiger partial charge in [-0.15, -0.1) is 11.3 Å². The molecule has 1 saturated heterocycles. The van der Waals surface area contributed by atoms with E-state index in [0.717, 1.165) is 10.6 Å². The van der Waals surface area contributed by atoms with Crippen molar-refractivity contribution in [2.75, 3.05) is 53.3 Å². The predicted molar refractivity (Wildman–Crippen MR) is 364 cm³/mol. The van der Waals surface area contributed by atoms with Gasteiger partial charge in [-0.25, -0.2) is 14.6 Å². The van der Waals surface area contributed by atoms with Crippen molar-refractivity contribution in [2.24, 2.45) is 41.1 Å². The minimum absolute atomic E-state index is 0.0683. The fourth-order valence-corrected chi connectivity index (χ4v) is 12.8. The van der Waals surface area contributed by atoms with Crippen LogP contribution in [0.2, 0.25) is 0 Å². The molecule has 0 spiro atoms. The number of urea groups is 1. The summed E-state index contributed by atoms with van der Waals surface area (Å²) < 4.78 is 17.9. The molecule has 26 nitrogen and oxygen atoms in total. The molecule has 2 aromatic carbocycles. The number of aromatic nitrogens is 1. The Morgan fingerprint density at radius 3 is 1.93 bits per heavy atom. The molecular formula is C68H107N13O13S. The number of nitrogens with zero attached hydrogens (tertiary/aromatic N) is 4. The normalized spacial score (nSPS) is 16.5. The maximum Gasteiger partial charge on any atom is 0.410 e. The maximum absolute atomic E-state index is 14.9. The summed E-state index contributed by atoms with van der Waals surface area (Å²) in [5.74, 6) is -5.76. The van der Waals surface area contributed by atoms with E-state index in [9.17, 15) is 47.9 Å². The van der Waals surface area contributed by atoms with Crippen molar-refractivity contribution in [3.05, 3.63) is 82.3 Å². The van der Waals surface area contributed by atoms with Crippen molar-refractivity contribution in [3.63, 3.8) is 0 Å². The molecule has 1 unspecified atom stereocenters. The van der Waals surface area contributed by atoms with Gasteiger partial charge in [0.1, 0.15) is 41.8 Å². The van der Waals surface area contributed by atoms with Gasteiger partial charge in [0, 0.05) is 65.6 Å². The summed E-state index contributed by atoms with van der Waals surface area (Å²) in [4.78, 5) is 145. The number of anilines is 1. The number of carbonyl (C=O) groups is 10. The van der Waals surface area contributed by atoms with E-state index in [-0.39, 0.29) is 56.2 Å². The van der Waals surface area contributed by atoms with E-state index in [0.29, 0.717) is 69.3 Å². The third-order valence-electron chi connectivity index (χ3n) is 17.5. The Labute approximate surface area is 565 Å². The molecule has 1 fully saturated rings. The number of hydrogen-bond acceptors (Lipinski definition) is 16. The third kappa shape index (κ3) is 24.4. The van der Waals surface area contributed by atoms with Crippen molar-refractivity contribution in [2.45, 2.75) is 201 Å². The lowest BCUT2D eigenvalue weighted by Crippen LogP contribution is -2.60. The topological polar surface area (TPSA) is 357 Å². The van der Waals surface area contributed by atoms with Crippen LogP contribution in [0.3, 0.4) is 0 Å². The van der Waals surface area contributed by atoms with Gasteiger partial charge in [0.25, 0.3) is 0 Å². The quantitative estimate of drug-likeness (QED) is 0.0317. The average Bonchev–Trinajstić information content (AvgIpc) is 1.80. The molecule has 0 bridgehead atoms. The molecule has 0 saturated carbocycles. The van der Waals surface area contributed by atoms with E-state index < -0.39 is 126 Å². The summed E-state index contributed by atoms with van der Waals surface area (Å²) in [6.45, 7) is 18.4. The first-order valence-corrected chi connectivity index (χ1v) is 34.0. The Hall–Kier alpha value is -7.75. The summed E-state index contributed by atoms with van der Waals surface area (Å²) in [7, 11) is 6.16. The second kappa shape index (κ2) is 40.0. The molecule has 2 heterocycles. The number of methoxy groups -OCH3 is 2. The first-order chi connectivity index (χ1) is 45.1. The molecule has 0 aliphatic carbocycles. The monoisotopic (exact) mass is 1350 g/mol. The Morgan fingerprint density at radius 2 is 1.36 bits per heavy atom. The van der Waals surface area contributed by atoms with Gasteiger partial charge < -0.3 is 72.7 Å². The maximum atomic E-state index is 14.9. The number of primary amides is 1. The lowest BCUT2D eigenvalue weighted by atomic mass is 9.89. The van der Waals surface area contributed by atoms with Crippen molar-refractivity contribution in [1.29, 1.82) is 0 Å². The van der Waals surface area contributed by atoms with Crippen LogP contribution in [0.1, 0.15) is 149 Å². The number of nitrogens with two attached hydrogens (primary N) is 2. The van der Waals surface area contributed by atoms with Gasteiger partial charge in [-0.3, -0.25) is 43.3 Å². The van der Waals surface area contributed by atoms with Gasteiger partial charge in [-0.2, -0.15) is 0 Å². The minimum Gasteiger partial charge on any atom is -0.445 e. The molecule has 11 amide bonds. The van der Waals surface area contributed by atoms with Gasteiger partial charge in [-0.1, -0.05) is 111 Å². The smallest absolute Gasteiger partial charge is 0.410 e. The van der Waals surface area contributed by atoms with Crippen LogP contribution in [0.25, 0.3) is 0 Å². The molecule has 11 N–H and O–H groups in total. The lowest BCUT2D eigenvalue weighted by molar-refractivity contribution is -0.148. The van der Waals surface area contributed by atoms with E-state index in [1.807, 2.05) is 70.3 Å². The summed E-state index contributed by atoms with van der Waals surface area (Å²) >= 11 is 1.47. The highest BCUT2D eigenvalue weighted by atomic mass is 32.1. The molecule has 12 atom stereocenters. The average molecular weight is 1350 g/mol. The Balaban J connectivity index is 1.42. The van der Waals surface area contributed by atoms with Crippen LogP contribution >= 0.6 is 11.3 Å². The summed E-state index contributed by atoms with van der Waals surface area (Å²) in [6.07, 6.45) is 3.71. The molecule has 1 aliphatic heterocycles. The number of rotatable bonds is 39. The van der Waals surface area contributed by atoms with Gasteiger partial charge in [-0.05, 0) is 105 Å². The van der Waals surface area contributed by atoms with Gasteiger partial charge in [0.2, 0.25) is 47.3 Å². The molecule has 27 heteroatoms. The largest absolute Gasteiger partial charge is 0.445 e. The number of benzene rings is 2. The Morgan fingerprint density at radius 1 is 0.716 bits per heavy atom. The van der Waals surface area contributed by atoms with Crippen LogP contribution in [-0.4, -0.2) is 182 Å². The van der Waals surface area contributed by atoms with Crippen LogP contribution in [-0.2, 0) is 65.6 Å². The zero-order valence-electron chi connectivity index (χ0n) is 58.1. The third-order valence-corrected chi connectivity index (χ3v) is 18.4. The number of hydrogen-bond donors (Lipinski definition) is 9. The van der Waals surface area contributed by atoms with Crippen molar-refractivity contribution < 1.29 is 62.2 Å². The second-order valence-corrected chi connectivity index (χ2v) is 26.7. The van der Waals surface area contributed by atoms with E-state index in [1.54, 1.807) is 82.1 Å². The molecular weight excluding hydrogens is 1240 g/mol. The number of carbonyl (C=O) groups excluding carboxylic acids is 10. The second-order valence-electron chi connectivity index (χ2n) is 25.7. The highest BCUT2D eigenvalue weighted by Gasteiger charge is 2.44. The van der Waals surface area contributed by atoms with E-state index in [4.69, 9.17) is 25.7 Å². The first kappa shape index (κ1) is 79.7. The van der Waals surface area contributed by atoms with Crippen molar-refractivity contribution in [1.82, 2.24) is 51.6 Å². The zero-order valence-corrected chi connectivity index (χ0v) is 58.9. The van der Waals surface area contributed by atoms with Crippen molar-refractivity contribution in [3.8, 4) is 0 Å². The number of amides is 11. The SMILES string of the molecule is CC[C@H](C)[C@@H]([C@@H](CC(=O)N1CCC[C@H]1[C@H](OC)[C@@H](C)C(=O)N[C@@H](Cc1ccccc1)c1nccs1)OC)N(C)C(=O)[C@@H](NC(=O)[C@H](C(C)C)N(C)C(=O)OCc1ccc(NC(=O)[C@H](CCCNC(N)=O)NC(=O)C(NC(=O)[C@H](CCCCN)NC(C)=O)C(C)C)cc1)C(C)C. The fourth-order valence-electron chi connectivity index (χ4n) is 12.1. The predicted octanol–water partition coefficient (Wildman–Crippen LogP) is 5.54. The van der Waals surface area contributed by atoms with Crippen LogP contribution in [0, 0.1) is 29.6 Å². The van der Waals surface area contributed by atoms with Gasteiger partial charge in [0.15, 0.2) is 0 Å².